The molecule has 0 aliphatic heterocycles. The van der Waals surface area contributed by atoms with E-state index >= 15 is 0 Å². The van der Waals surface area contributed by atoms with Crippen molar-refractivity contribution in [2.45, 2.75) is 0 Å². The van der Waals surface area contributed by atoms with Crippen molar-refractivity contribution < 1.29 is 5.11 Å². The maximum Gasteiger partial charge on any atom is 0.155 e. The Hall–Kier alpha value is -0.960. The van der Waals surface area contributed by atoms with E-state index in [1.54, 1.807) is 0 Å². The monoisotopic (exact) mass is 211 g/mol. The Morgan fingerprint density at radius 1 is 1.27 bits per heavy atom. The summed E-state index contributed by atoms with van der Waals surface area (Å²) in [5.74, 6) is 0.278. The summed E-state index contributed by atoms with van der Waals surface area (Å²) >= 11 is 3.20. The Bertz CT molecular complexity index is 394. The van der Waals surface area contributed by atoms with Gasteiger partial charge in [-0.1, -0.05) is 12.1 Å². The average Bonchev–Trinajstić information content (AvgIpc) is 2.30. The van der Waals surface area contributed by atoms with Gasteiger partial charge in [0.1, 0.15) is 4.60 Å². The minimum absolute atomic E-state index is 0.278. The molecule has 2 N–H and O–H groups in total. The number of nitrogens with one attached hydrogen (secondary N) is 1. The topological polar surface area (TPSA) is 36.0 Å². The van der Waals surface area contributed by atoms with Gasteiger partial charge in [-0.3, -0.25) is 0 Å². The predicted molar refractivity (Wildman–Crippen MR) is 47.7 cm³/mol. The fraction of sp³-hybridized carbons (Fsp3) is 0. The molecule has 0 saturated carbocycles. The molecule has 56 valence electrons. The first kappa shape index (κ1) is 6.73. The molecule has 1 aromatic heterocycles. The number of fused-ring (bicyclic) bond motifs is 1. The second-order valence-electron chi connectivity index (χ2n) is 2.33. The van der Waals surface area contributed by atoms with Crippen LogP contribution < -0.4 is 0 Å². The summed E-state index contributed by atoms with van der Waals surface area (Å²) in [7, 11) is 0. The van der Waals surface area contributed by atoms with Crippen molar-refractivity contribution in [3.63, 3.8) is 0 Å². The van der Waals surface area contributed by atoms with Crippen molar-refractivity contribution in [1.82, 2.24) is 4.98 Å². The zero-order valence-electron chi connectivity index (χ0n) is 5.63. The molecule has 3 heteroatoms. The lowest BCUT2D eigenvalue weighted by molar-refractivity contribution is 0.478. The van der Waals surface area contributed by atoms with Gasteiger partial charge >= 0.3 is 0 Å². The van der Waals surface area contributed by atoms with Crippen molar-refractivity contribution in [2.75, 3.05) is 0 Å². The van der Waals surface area contributed by atoms with Gasteiger partial charge in [0, 0.05) is 5.39 Å². The highest BCUT2D eigenvalue weighted by Crippen LogP contribution is 2.31. The SMILES string of the molecule is Oc1c(Br)[nH]c2ccccc12. The van der Waals surface area contributed by atoms with Crippen molar-refractivity contribution in [3.8, 4) is 5.75 Å². The Labute approximate surface area is 72.0 Å². The first-order valence-corrected chi connectivity index (χ1v) is 4.03. The van der Waals surface area contributed by atoms with Gasteiger partial charge in [0.25, 0.3) is 0 Å². The number of benzene rings is 1. The van der Waals surface area contributed by atoms with Crippen LogP contribution in [0, 0.1) is 0 Å². The van der Waals surface area contributed by atoms with Gasteiger partial charge in [0.15, 0.2) is 5.75 Å². The third kappa shape index (κ3) is 0.922. The molecule has 1 aromatic carbocycles. The third-order valence-electron chi connectivity index (χ3n) is 1.63. The second kappa shape index (κ2) is 2.27. The highest BCUT2D eigenvalue weighted by Gasteiger charge is 2.05. The molecule has 11 heavy (non-hydrogen) atoms. The van der Waals surface area contributed by atoms with Crippen LogP contribution in [-0.2, 0) is 0 Å². The first-order chi connectivity index (χ1) is 5.29. The summed E-state index contributed by atoms with van der Waals surface area (Å²) in [6.07, 6.45) is 0. The summed E-state index contributed by atoms with van der Waals surface area (Å²) in [6, 6.07) is 7.60. The zero-order valence-corrected chi connectivity index (χ0v) is 7.22. The van der Waals surface area contributed by atoms with Crippen molar-refractivity contribution in [2.24, 2.45) is 0 Å². The molecular weight excluding hydrogens is 206 g/mol. The van der Waals surface area contributed by atoms with Crippen molar-refractivity contribution in [1.29, 1.82) is 0 Å². The minimum Gasteiger partial charge on any atom is -0.505 e. The summed E-state index contributed by atoms with van der Waals surface area (Å²) in [4.78, 5) is 2.99. The van der Waals surface area contributed by atoms with Crippen molar-refractivity contribution >= 4 is 26.8 Å². The number of para-hydroxylation sites is 1. The lowest BCUT2D eigenvalue weighted by atomic mass is 10.2. The standard InChI is InChI=1S/C8H6BrNO/c9-8-7(11)5-3-1-2-4-6(5)10-8/h1-4,10-11H. The van der Waals surface area contributed by atoms with Crippen LogP contribution >= 0.6 is 15.9 Å². The molecule has 2 rings (SSSR count). The number of aromatic nitrogens is 1. The van der Waals surface area contributed by atoms with E-state index < -0.39 is 0 Å². The van der Waals surface area contributed by atoms with Gasteiger partial charge in [0.05, 0.1) is 5.52 Å². The molecule has 1 heterocycles. The highest BCUT2D eigenvalue weighted by atomic mass is 79.9. The normalized spacial score (nSPS) is 10.6. The lowest BCUT2D eigenvalue weighted by Gasteiger charge is -1.86. The molecule has 0 bridgehead atoms. The molecule has 0 unspecified atom stereocenters. The number of rotatable bonds is 0. The number of hydrogen-bond donors (Lipinski definition) is 2. The van der Waals surface area contributed by atoms with Gasteiger partial charge in [-0.2, -0.15) is 0 Å². The summed E-state index contributed by atoms with van der Waals surface area (Å²) in [6.45, 7) is 0. The van der Waals surface area contributed by atoms with Crippen LogP contribution in [0.5, 0.6) is 5.75 Å². The Balaban J connectivity index is 2.92. The molecule has 0 spiro atoms. The maximum absolute atomic E-state index is 9.42. The number of aromatic hydroxyl groups is 1. The number of halogens is 1. The van der Waals surface area contributed by atoms with Crippen LogP contribution in [-0.4, -0.2) is 10.1 Å². The molecule has 0 radical (unpaired) electrons. The van der Waals surface area contributed by atoms with Crippen LogP contribution in [0.1, 0.15) is 0 Å². The largest absolute Gasteiger partial charge is 0.505 e. The van der Waals surface area contributed by atoms with E-state index in [9.17, 15) is 5.11 Å². The van der Waals surface area contributed by atoms with Crippen LogP contribution in [0.3, 0.4) is 0 Å². The van der Waals surface area contributed by atoms with Gasteiger partial charge in [-0.05, 0) is 28.1 Å². The fourth-order valence-electron chi connectivity index (χ4n) is 1.09. The molecular formula is C8H6BrNO. The highest BCUT2D eigenvalue weighted by molar-refractivity contribution is 9.10. The fourth-order valence-corrected chi connectivity index (χ4v) is 1.52. The van der Waals surface area contributed by atoms with Gasteiger partial charge in [0.2, 0.25) is 0 Å². The summed E-state index contributed by atoms with van der Waals surface area (Å²) in [5.41, 5.74) is 0.942. The second-order valence-corrected chi connectivity index (χ2v) is 3.13. The quantitative estimate of drug-likeness (QED) is 0.691. The third-order valence-corrected chi connectivity index (χ3v) is 2.21. The Morgan fingerprint density at radius 2 is 2.00 bits per heavy atom. The van der Waals surface area contributed by atoms with Crippen LogP contribution in [0.4, 0.5) is 0 Å². The molecule has 0 amide bonds. The minimum atomic E-state index is 0.278. The van der Waals surface area contributed by atoms with E-state index in [0.717, 1.165) is 10.9 Å². The Kier molecular flexibility index (Phi) is 1.39. The van der Waals surface area contributed by atoms with Crippen molar-refractivity contribution in [3.05, 3.63) is 28.9 Å². The lowest BCUT2D eigenvalue weighted by Crippen LogP contribution is -1.63. The average molecular weight is 212 g/mol. The van der Waals surface area contributed by atoms with E-state index in [2.05, 4.69) is 20.9 Å². The number of H-pyrrole nitrogens is 1. The summed E-state index contributed by atoms with van der Waals surface area (Å²) < 4.78 is 0.638. The zero-order chi connectivity index (χ0) is 7.84. The Morgan fingerprint density at radius 3 is 2.73 bits per heavy atom. The van der Waals surface area contributed by atoms with E-state index in [1.165, 1.54) is 0 Å². The molecule has 0 aliphatic carbocycles. The van der Waals surface area contributed by atoms with Crippen LogP contribution in [0.2, 0.25) is 0 Å². The molecule has 2 nitrogen and oxygen atoms in total. The van der Waals surface area contributed by atoms with Gasteiger partial charge < -0.3 is 10.1 Å². The van der Waals surface area contributed by atoms with E-state index in [1.807, 2.05) is 24.3 Å². The predicted octanol–water partition coefficient (Wildman–Crippen LogP) is 2.64. The number of hydrogen-bond acceptors (Lipinski definition) is 1. The van der Waals surface area contributed by atoms with E-state index in [4.69, 9.17) is 0 Å². The summed E-state index contributed by atoms with van der Waals surface area (Å²) in [5, 5.41) is 10.3. The molecule has 0 saturated heterocycles. The first-order valence-electron chi connectivity index (χ1n) is 3.24. The van der Waals surface area contributed by atoms with E-state index in [0.29, 0.717) is 4.60 Å². The van der Waals surface area contributed by atoms with Crippen LogP contribution in [0.15, 0.2) is 28.9 Å². The van der Waals surface area contributed by atoms with Crippen LogP contribution in [0.25, 0.3) is 10.9 Å². The number of aromatic amines is 1. The molecule has 2 aromatic rings. The van der Waals surface area contributed by atoms with Gasteiger partial charge in [-0.25, -0.2) is 0 Å². The molecule has 0 atom stereocenters. The molecule has 0 fully saturated rings. The smallest absolute Gasteiger partial charge is 0.155 e. The van der Waals surface area contributed by atoms with Gasteiger partial charge in [-0.15, -0.1) is 0 Å². The maximum atomic E-state index is 9.42. The molecule has 0 aliphatic rings. The van der Waals surface area contributed by atoms with E-state index in [-0.39, 0.29) is 5.75 Å².